The number of rotatable bonds is 3. The summed E-state index contributed by atoms with van der Waals surface area (Å²) >= 11 is 0. The summed E-state index contributed by atoms with van der Waals surface area (Å²) in [5.74, 6) is 0.720. The molecule has 2 rings (SSSR count). The molecule has 3 N–H and O–H groups in total. The van der Waals surface area contributed by atoms with Crippen LogP contribution in [0.15, 0.2) is 6.20 Å². The number of aryl methyl sites for hydroxylation is 2. The van der Waals surface area contributed by atoms with E-state index in [1.807, 2.05) is 13.1 Å². The van der Waals surface area contributed by atoms with Crippen LogP contribution >= 0.6 is 0 Å². The highest BCUT2D eigenvalue weighted by molar-refractivity contribution is 5.30. The maximum Gasteiger partial charge on any atom is 0.222 e. The highest BCUT2D eigenvalue weighted by atomic mass is 15.1. The van der Waals surface area contributed by atoms with Crippen LogP contribution in [0.5, 0.6) is 0 Å². The third-order valence-electron chi connectivity index (χ3n) is 2.90. The van der Waals surface area contributed by atoms with Gasteiger partial charge < -0.3 is 11.1 Å². The van der Waals surface area contributed by atoms with Crippen molar-refractivity contribution in [1.82, 2.24) is 9.97 Å². The topological polar surface area (TPSA) is 63.8 Å². The molecular weight excluding hydrogens is 200 g/mol. The monoisotopic (exact) mass is 220 g/mol. The van der Waals surface area contributed by atoms with Crippen molar-refractivity contribution in [2.24, 2.45) is 5.73 Å². The number of nitrogens with zero attached hydrogens (tertiary/aromatic N) is 2. The normalized spacial score (nSPS) is 17.4. The average molecular weight is 220 g/mol. The highest BCUT2D eigenvalue weighted by Gasteiger charge is 2.10. The predicted octanol–water partition coefficient (Wildman–Crippen LogP) is 1.50. The van der Waals surface area contributed by atoms with Crippen molar-refractivity contribution in [3.05, 3.63) is 17.5 Å². The molecule has 1 atom stereocenters. The van der Waals surface area contributed by atoms with Gasteiger partial charge in [0, 0.05) is 24.5 Å². The Hall–Kier alpha value is -1.16. The summed E-state index contributed by atoms with van der Waals surface area (Å²) < 4.78 is 0. The third kappa shape index (κ3) is 2.92. The largest absolute Gasteiger partial charge is 0.353 e. The van der Waals surface area contributed by atoms with Crippen LogP contribution < -0.4 is 11.1 Å². The molecule has 0 saturated heterocycles. The zero-order valence-corrected chi connectivity index (χ0v) is 9.87. The summed E-state index contributed by atoms with van der Waals surface area (Å²) in [6, 6.07) is 0.127. The zero-order valence-electron chi connectivity index (χ0n) is 9.87. The van der Waals surface area contributed by atoms with Gasteiger partial charge in [-0.15, -0.1) is 0 Å². The second-order valence-electron chi connectivity index (χ2n) is 4.58. The van der Waals surface area contributed by atoms with E-state index in [0.29, 0.717) is 0 Å². The lowest BCUT2D eigenvalue weighted by molar-refractivity contribution is 0.708. The molecule has 4 nitrogen and oxygen atoms in total. The van der Waals surface area contributed by atoms with E-state index >= 15 is 0 Å². The van der Waals surface area contributed by atoms with E-state index in [1.54, 1.807) is 0 Å². The van der Waals surface area contributed by atoms with Crippen molar-refractivity contribution >= 4 is 5.95 Å². The van der Waals surface area contributed by atoms with E-state index in [0.717, 1.165) is 25.3 Å². The number of hydrogen-bond acceptors (Lipinski definition) is 4. The molecule has 0 bridgehead atoms. The molecule has 0 radical (unpaired) electrons. The van der Waals surface area contributed by atoms with Crippen molar-refractivity contribution in [3.63, 3.8) is 0 Å². The molecule has 0 spiro atoms. The SMILES string of the molecule is CC(N)CNc1ncc2c(n1)CCCCC2. The molecule has 1 aromatic heterocycles. The smallest absolute Gasteiger partial charge is 0.222 e. The highest BCUT2D eigenvalue weighted by Crippen LogP contribution is 2.18. The molecule has 1 aromatic rings. The molecule has 16 heavy (non-hydrogen) atoms. The Balaban J connectivity index is 2.08. The fourth-order valence-electron chi connectivity index (χ4n) is 1.99. The molecule has 0 aliphatic heterocycles. The predicted molar refractivity (Wildman–Crippen MR) is 65.4 cm³/mol. The number of nitrogens with one attached hydrogen (secondary N) is 1. The summed E-state index contributed by atoms with van der Waals surface area (Å²) in [6.07, 6.45) is 8.00. The van der Waals surface area contributed by atoms with Crippen molar-refractivity contribution in [2.75, 3.05) is 11.9 Å². The second-order valence-corrected chi connectivity index (χ2v) is 4.58. The Morgan fingerprint density at radius 2 is 2.19 bits per heavy atom. The van der Waals surface area contributed by atoms with Crippen LogP contribution in [0.3, 0.4) is 0 Å². The summed E-state index contributed by atoms with van der Waals surface area (Å²) in [7, 11) is 0. The molecule has 4 heteroatoms. The molecule has 1 unspecified atom stereocenters. The number of nitrogens with two attached hydrogens (primary N) is 1. The van der Waals surface area contributed by atoms with Crippen LogP contribution in [-0.4, -0.2) is 22.6 Å². The lowest BCUT2D eigenvalue weighted by Gasteiger charge is -2.10. The van der Waals surface area contributed by atoms with Crippen molar-refractivity contribution in [2.45, 2.75) is 45.1 Å². The Labute approximate surface area is 96.7 Å². The molecule has 88 valence electrons. The van der Waals surface area contributed by atoms with E-state index < -0.39 is 0 Å². The minimum Gasteiger partial charge on any atom is -0.353 e. The van der Waals surface area contributed by atoms with E-state index in [9.17, 15) is 0 Å². The maximum absolute atomic E-state index is 5.68. The summed E-state index contributed by atoms with van der Waals surface area (Å²) in [6.45, 7) is 2.69. The van der Waals surface area contributed by atoms with Crippen LogP contribution in [-0.2, 0) is 12.8 Å². The summed E-state index contributed by atoms with van der Waals surface area (Å²) in [4.78, 5) is 8.90. The van der Waals surface area contributed by atoms with Gasteiger partial charge in [-0.3, -0.25) is 0 Å². The molecule has 0 fully saturated rings. The standard InChI is InChI=1S/C12H20N4/c1-9(13)7-14-12-15-8-10-5-3-2-4-6-11(10)16-12/h8-9H,2-7,13H2,1H3,(H,14,15,16). The number of hydrogen-bond donors (Lipinski definition) is 2. The van der Waals surface area contributed by atoms with Gasteiger partial charge in [0.25, 0.3) is 0 Å². The first-order valence-electron chi connectivity index (χ1n) is 6.10. The van der Waals surface area contributed by atoms with Crippen LogP contribution in [0.2, 0.25) is 0 Å². The Morgan fingerprint density at radius 1 is 1.38 bits per heavy atom. The van der Waals surface area contributed by atoms with Crippen LogP contribution in [0.1, 0.15) is 37.4 Å². The van der Waals surface area contributed by atoms with Crippen LogP contribution in [0.4, 0.5) is 5.95 Å². The summed E-state index contributed by atoms with van der Waals surface area (Å²) in [5.41, 5.74) is 8.23. The first kappa shape index (κ1) is 11.3. The fraction of sp³-hybridized carbons (Fsp3) is 0.667. The van der Waals surface area contributed by atoms with E-state index in [1.165, 1.54) is 30.5 Å². The minimum absolute atomic E-state index is 0.127. The van der Waals surface area contributed by atoms with E-state index in [-0.39, 0.29) is 6.04 Å². The van der Waals surface area contributed by atoms with Gasteiger partial charge in [0.05, 0.1) is 0 Å². The Kier molecular flexibility index (Phi) is 3.72. The molecule has 1 aliphatic carbocycles. The van der Waals surface area contributed by atoms with Gasteiger partial charge in [0.2, 0.25) is 5.95 Å². The number of fused-ring (bicyclic) bond motifs is 1. The maximum atomic E-state index is 5.68. The lowest BCUT2D eigenvalue weighted by Crippen LogP contribution is -2.26. The van der Waals surface area contributed by atoms with Gasteiger partial charge in [-0.2, -0.15) is 0 Å². The lowest BCUT2D eigenvalue weighted by atomic mass is 10.1. The van der Waals surface area contributed by atoms with Crippen molar-refractivity contribution in [3.8, 4) is 0 Å². The zero-order chi connectivity index (χ0) is 11.4. The summed E-state index contributed by atoms with van der Waals surface area (Å²) in [5, 5.41) is 3.17. The first-order chi connectivity index (χ1) is 7.75. The van der Waals surface area contributed by atoms with E-state index in [4.69, 9.17) is 5.73 Å². The number of anilines is 1. The molecule has 0 aromatic carbocycles. The third-order valence-corrected chi connectivity index (χ3v) is 2.90. The van der Waals surface area contributed by atoms with Crippen molar-refractivity contribution < 1.29 is 0 Å². The van der Waals surface area contributed by atoms with Crippen LogP contribution in [0, 0.1) is 0 Å². The molecule has 0 saturated carbocycles. The minimum atomic E-state index is 0.127. The molecule has 0 amide bonds. The average Bonchev–Trinajstić information content (AvgIpc) is 2.50. The second kappa shape index (κ2) is 5.25. The van der Waals surface area contributed by atoms with E-state index in [2.05, 4.69) is 15.3 Å². The van der Waals surface area contributed by atoms with Crippen LogP contribution in [0.25, 0.3) is 0 Å². The van der Waals surface area contributed by atoms with Gasteiger partial charge in [-0.1, -0.05) is 6.42 Å². The first-order valence-corrected chi connectivity index (χ1v) is 6.10. The molecule has 1 aliphatic rings. The van der Waals surface area contributed by atoms with Gasteiger partial charge in [0.1, 0.15) is 0 Å². The van der Waals surface area contributed by atoms with Gasteiger partial charge in [-0.05, 0) is 38.2 Å². The van der Waals surface area contributed by atoms with Gasteiger partial charge in [0.15, 0.2) is 0 Å². The molecular formula is C12H20N4. The molecule has 1 heterocycles. The number of aromatic nitrogens is 2. The quantitative estimate of drug-likeness (QED) is 0.758. The Bertz CT molecular complexity index is 349. The Morgan fingerprint density at radius 3 is 3.00 bits per heavy atom. The van der Waals surface area contributed by atoms with Gasteiger partial charge >= 0.3 is 0 Å². The van der Waals surface area contributed by atoms with Gasteiger partial charge in [-0.25, -0.2) is 9.97 Å². The van der Waals surface area contributed by atoms with Crippen molar-refractivity contribution in [1.29, 1.82) is 0 Å². The fourth-order valence-corrected chi connectivity index (χ4v) is 1.99.